The van der Waals surface area contributed by atoms with Crippen molar-refractivity contribution in [3.05, 3.63) is 0 Å². The molecular weight excluding hydrogens is 244 g/mol. The average molecular weight is 283 g/mol. The Balaban J connectivity index is 2.78. The van der Waals surface area contributed by atoms with Gasteiger partial charge in [-0.2, -0.15) is 0 Å². The number of hydrogen-bond acceptors (Lipinski definition) is 2. The highest BCUT2D eigenvalue weighted by molar-refractivity contribution is 4.94. The molecule has 0 radical (unpaired) electrons. The quantitative estimate of drug-likeness (QED) is 0.719. The number of hydrogen-bond donors (Lipinski definition) is 1. The van der Waals surface area contributed by atoms with Crippen LogP contribution >= 0.6 is 0 Å². The van der Waals surface area contributed by atoms with Gasteiger partial charge in [-0.3, -0.25) is 4.90 Å². The van der Waals surface area contributed by atoms with E-state index in [9.17, 15) is 0 Å². The van der Waals surface area contributed by atoms with Gasteiger partial charge >= 0.3 is 0 Å². The van der Waals surface area contributed by atoms with Crippen LogP contribution < -0.4 is 5.32 Å². The van der Waals surface area contributed by atoms with E-state index in [0.29, 0.717) is 6.04 Å². The molecule has 0 aromatic rings. The van der Waals surface area contributed by atoms with E-state index < -0.39 is 0 Å². The van der Waals surface area contributed by atoms with E-state index in [-0.39, 0.29) is 0 Å². The molecule has 2 heteroatoms. The van der Waals surface area contributed by atoms with Crippen LogP contribution in [0, 0.1) is 17.8 Å². The maximum atomic E-state index is 3.78. The van der Waals surface area contributed by atoms with Crippen molar-refractivity contribution < 1.29 is 0 Å². The molecule has 1 rings (SSSR count). The predicted octanol–water partition coefficient (Wildman–Crippen LogP) is 4.16. The summed E-state index contributed by atoms with van der Waals surface area (Å²) in [6.45, 7) is 17.8. The van der Waals surface area contributed by atoms with E-state index in [4.69, 9.17) is 0 Å². The van der Waals surface area contributed by atoms with Crippen LogP contribution in [0.25, 0.3) is 0 Å². The summed E-state index contributed by atoms with van der Waals surface area (Å²) in [5.41, 5.74) is 0. The molecular formula is C18H38N2. The maximum Gasteiger partial charge on any atom is 0.0275 e. The second-order valence-electron chi connectivity index (χ2n) is 6.98. The van der Waals surface area contributed by atoms with Gasteiger partial charge in [0.05, 0.1) is 0 Å². The van der Waals surface area contributed by atoms with Gasteiger partial charge < -0.3 is 5.32 Å². The molecule has 1 aliphatic rings. The van der Waals surface area contributed by atoms with E-state index in [2.05, 4.69) is 51.8 Å². The zero-order valence-corrected chi connectivity index (χ0v) is 14.8. The first-order valence-electron chi connectivity index (χ1n) is 9.04. The van der Waals surface area contributed by atoms with Crippen LogP contribution in [-0.2, 0) is 0 Å². The van der Waals surface area contributed by atoms with Crippen molar-refractivity contribution in [3.63, 3.8) is 0 Å². The SMILES string of the molecule is CCNC1CC(C)CC(C)C1N(CC)CC(CC)CC. The molecule has 0 aromatic carbocycles. The van der Waals surface area contributed by atoms with Gasteiger partial charge in [-0.25, -0.2) is 0 Å². The van der Waals surface area contributed by atoms with Gasteiger partial charge in [-0.1, -0.05) is 54.4 Å². The standard InChI is InChI=1S/C18H38N2/c1-7-16(8-2)13-20(10-4)18-15(6)11-14(5)12-17(18)19-9-3/h14-19H,7-13H2,1-6H3. The molecule has 0 heterocycles. The van der Waals surface area contributed by atoms with Crippen LogP contribution in [0.2, 0.25) is 0 Å². The first-order chi connectivity index (χ1) is 9.57. The summed E-state index contributed by atoms with van der Waals surface area (Å²) in [6.07, 6.45) is 5.38. The van der Waals surface area contributed by atoms with Crippen molar-refractivity contribution in [2.24, 2.45) is 17.8 Å². The zero-order chi connectivity index (χ0) is 15.1. The number of likely N-dealkylation sites (N-methyl/N-ethyl adjacent to an activating group) is 2. The van der Waals surface area contributed by atoms with Crippen molar-refractivity contribution in [2.75, 3.05) is 19.6 Å². The third-order valence-corrected chi connectivity index (χ3v) is 5.37. The van der Waals surface area contributed by atoms with E-state index in [1.54, 1.807) is 0 Å². The van der Waals surface area contributed by atoms with Crippen LogP contribution in [0.5, 0.6) is 0 Å². The van der Waals surface area contributed by atoms with Crippen LogP contribution in [0.3, 0.4) is 0 Å². The molecule has 1 N–H and O–H groups in total. The molecule has 0 bridgehead atoms. The summed E-state index contributed by atoms with van der Waals surface area (Å²) in [5.74, 6) is 2.55. The van der Waals surface area contributed by atoms with Gasteiger partial charge in [0.1, 0.15) is 0 Å². The molecule has 1 fully saturated rings. The van der Waals surface area contributed by atoms with Gasteiger partial charge in [-0.15, -0.1) is 0 Å². The Kier molecular flexibility index (Phi) is 8.13. The molecule has 0 aliphatic heterocycles. The molecule has 0 aromatic heterocycles. The smallest absolute Gasteiger partial charge is 0.0275 e. The second kappa shape index (κ2) is 9.04. The lowest BCUT2D eigenvalue weighted by molar-refractivity contribution is 0.0529. The Hall–Kier alpha value is -0.0800. The molecule has 0 saturated heterocycles. The van der Waals surface area contributed by atoms with Gasteiger partial charge in [-0.05, 0) is 43.7 Å². The largest absolute Gasteiger partial charge is 0.313 e. The highest BCUT2D eigenvalue weighted by Gasteiger charge is 2.37. The van der Waals surface area contributed by atoms with Crippen molar-refractivity contribution in [2.45, 2.75) is 79.3 Å². The molecule has 2 nitrogen and oxygen atoms in total. The Morgan fingerprint density at radius 2 is 1.70 bits per heavy atom. The van der Waals surface area contributed by atoms with Gasteiger partial charge in [0.15, 0.2) is 0 Å². The minimum absolute atomic E-state index is 0.688. The highest BCUT2D eigenvalue weighted by atomic mass is 15.2. The molecule has 4 unspecified atom stereocenters. The third kappa shape index (κ3) is 4.73. The third-order valence-electron chi connectivity index (χ3n) is 5.37. The molecule has 120 valence electrons. The molecule has 1 saturated carbocycles. The van der Waals surface area contributed by atoms with Gasteiger partial charge in [0.2, 0.25) is 0 Å². The fourth-order valence-electron chi connectivity index (χ4n) is 4.26. The first kappa shape index (κ1) is 18.0. The van der Waals surface area contributed by atoms with E-state index in [1.165, 1.54) is 38.8 Å². The molecule has 4 atom stereocenters. The van der Waals surface area contributed by atoms with Crippen LogP contribution in [0.15, 0.2) is 0 Å². The average Bonchev–Trinajstić information content (AvgIpc) is 2.42. The maximum absolute atomic E-state index is 3.78. The normalized spacial score (nSPS) is 31.2. The minimum Gasteiger partial charge on any atom is -0.313 e. The van der Waals surface area contributed by atoms with Crippen LogP contribution in [-0.4, -0.2) is 36.6 Å². The van der Waals surface area contributed by atoms with Crippen molar-refractivity contribution in [1.29, 1.82) is 0 Å². The van der Waals surface area contributed by atoms with Crippen LogP contribution in [0.1, 0.15) is 67.2 Å². The molecule has 0 spiro atoms. The summed E-state index contributed by atoms with van der Waals surface area (Å²) < 4.78 is 0. The Morgan fingerprint density at radius 1 is 1.05 bits per heavy atom. The fraction of sp³-hybridized carbons (Fsp3) is 1.00. The van der Waals surface area contributed by atoms with Crippen LogP contribution in [0.4, 0.5) is 0 Å². The lowest BCUT2D eigenvalue weighted by Gasteiger charge is -2.46. The number of rotatable bonds is 8. The molecule has 1 aliphatic carbocycles. The van der Waals surface area contributed by atoms with Gasteiger partial charge in [0.25, 0.3) is 0 Å². The first-order valence-corrected chi connectivity index (χ1v) is 9.04. The highest BCUT2D eigenvalue weighted by Crippen LogP contribution is 2.33. The van der Waals surface area contributed by atoms with E-state index in [0.717, 1.165) is 30.3 Å². The summed E-state index contributed by atoms with van der Waals surface area (Å²) in [7, 11) is 0. The molecule has 20 heavy (non-hydrogen) atoms. The zero-order valence-electron chi connectivity index (χ0n) is 14.8. The topological polar surface area (TPSA) is 15.3 Å². The monoisotopic (exact) mass is 282 g/mol. The molecule has 0 amide bonds. The Labute approximate surface area is 127 Å². The summed E-state index contributed by atoms with van der Waals surface area (Å²) in [5, 5.41) is 3.78. The van der Waals surface area contributed by atoms with Crippen molar-refractivity contribution >= 4 is 0 Å². The summed E-state index contributed by atoms with van der Waals surface area (Å²) in [6, 6.07) is 1.42. The van der Waals surface area contributed by atoms with Crippen molar-refractivity contribution in [1.82, 2.24) is 10.2 Å². The number of nitrogens with zero attached hydrogens (tertiary/aromatic N) is 1. The second-order valence-corrected chi connectivity index (χ2v) is 6.98. The minimum atomic E-state index is 0.688. The fourth-order valence-corrected chi connectivity index (χ4v) is 4.26. The Bertz CT molecular complexity index is 250. The summed E-state index contributed by atoms with van der Waals surface area (Å²) >= 11 is 0. The van der Waals surface area contributed by atoms with E-state index >= 15 is 0 Å². The number of nitrogens with one attached hydrogen (secondary N) is 1. The predicted molar refractivity (Wildman–Crippen MR) is 90.1 cm³/mol. The lowest BCUT2D eigenvalue weighted by Crippen LogP contribution is -2.57. The van der Waals surface area contributed by atoms with Crippen molar-refractivity contribution in [3.8, 4) is 0 Å². The summed E-state index contributed by atoms with van der Waals surface area (Å²) in [4.78, 5) is 2.78. The Morgan fingerprint density at radius 3 is 2.20 bits per heavy atom. The van der Waals surface area contributed by atoms with E-state index in [1.807, 2.05) is 0 Å². The lowest BCUT2D eigenvalue weighted by atomic mass is 9.75. The van der Waals surface area contributed by atoms with Gasteiger partial charge in [0, 0.05) is 18.6 Å².